The van der Waals surface area contributed by atoms with E-state index in [4.69, 9.17) is 4.74 Å². The van der Waals surface area contributed by atoms with Crippen LogP contribution in [0.5, 0.6) is 5.75 Å². The molecule has 16 heavy (non-hydrogen) atoms. The zero-order chi connectivity index (χ0) is 12.1. The normalized spacial score (nSPS) is 12.6. The second-order valence-electron chi connectivity index (χ2n) is 4.44. The highest BCUT2D eigenvalue weighted by atomic mass is 19.1. The molecule has 0 aliphatic heterocycles. The Labute approximate surface area is 97.6 Å². The van der Waals surface area contributed by atoms with E-state index in [0.717, 1.165) is 17.7 Å². The van der Waals surface area contributed by atoms with Gasteiger partial charge < -0.3 is 4.74 Å². The van der Waals surface area contributed by atoms with Crippen molar-refractivity contribution >= 4 is 0 Å². The van der Waals surface area contributed by atoms with E-state index >= 15 is 0 Å². The van der Waals surface area contributed by atoms with Crippen LogP contribution in [-0.2, 0) is 0 Å². The predicted molar refractivity (Wildman–Crippen MR) is 65.5 cm³/mol. The van der Waals surface area contributed by atoms with Crippen LogP contribution in [0.25, 0.3) is 0 Å². The van der Waals surface area contributed by atoms with Crippen LogP contribution in [0, 0.1) is 19.7 Å². The summed E-state index contributed by atoms with van der Waals surface area (Å²) in [4.78, 5) is 0. The topological polar surface area (TPSA) is 9.23 Å². The SMILES string of the molecule is CCCCC(C)Oc1cc(C)c(F)cc1C. The molecule has 0 spiro atoms. The summed E-state index contributed by atoms with van der Waals surface area (Å²) in [5, 5.41) is 0. The number of unbranched alkanes of at least 4 members (excludes halogenated alkanes) is 1. The number of benzene rings is 1. The third kappa shape index (κ3) is 3.51. The molecule has 1 atom stereocenters. The standard InChI is InChI=1S/C14H21FO/c1-5-6-7-12(4)16-14-9-10(2)13(15)8-11(14)3/h8-9,12H,5-7H2,1-4H3. The van der Waals surface area contributed by atoms with E-state index in [1.54, 1.807) is 13.0 Å². The van der Waals surface area contributed by atoms with Crippen LogP contribution in [0.2, 0.25) is 0 Å². The highest BCUT2D eigenvalue weighted by Crippen LogP contribution is 2.23. The fraction of sp³-hybridized carbons (Fsp3) is 0.571. The van der Waals surface area contributed by atoms with Crippen LogP contribution in [0.4, 0.5) is 4.39 Å². The third-order valence-electron chi connectivity index (χ3n) is 2.75. The van der Waals surface area contributed by atoms with Gasteiger partial charge in [-0.05, 0) is 50.5 Å². The summed E-state index contributed by atoms with van der Waals surface area (Å²) >= 11 is 0. The van der Waals surface area contributed by atoms with Gasteiger partial charge in [-0.25, -0.2) is 4.39 Å². The molecule has 0 amide bonds. The molecule has 0 radical (unpaired) electrons. The molecule has 1 rings (SSSR count). The summed E-state index contributed by atoms with van der Waals surface area (Å²) in [5.74, 6) is 0.647. The van der Waals surface area contributed by atoms with E-state index < -0.39 is 0 Å². The van der Waals surface area contributed by atoms with Gasteiger partial charge in [0.15, 0.2) is 0 Å². The van der Waals surface area contributed by atoms with Crippen molar-refractivity contribution in [1.82, 2.24) is 0 Å². The molecule has 1 unspecified atom stereocenters. The molecule has 0 saturated heterocycles. The van der Waals surface area contributed by atoms with Gasteiger partial charge in [0.2, 0.25) is 0 Å². The average Bonchev–Trinajstić information content (AvgIpc) is 2.23. The molecule has 1 nitrogen and oxygen atoms in total. The van der Waals surface area contributed by atoms with E-state index in [0.29, 0.717) is 5.56 Å². The van der Waals surface area contributed by atoms with Gasteiger partial charge in [0.05, 0.1) is 6.10 Å². The Morgan fingerprint density at radius 2 is 1.94 bits per heavy atom. The lowest BCUT2D eigenvalue weighted by Crippen LogP contribution is -2.12. The zero-order valence-corrected chi connectivity index (χ0v) is 10.6. The van der Waals surface area contributed by atoms with Crippen molar-refractivity contribution < 1.29 is 9.13 Å². The van der Waals surface area contributed by atoms with Crippen LogP contribution in [0.1, 0.15) is 44.2 Å². The first-order chi connectivity index (χ1) is 7.54. The maximum Gasteiger partial charge on any atom is 0.126 e. The molecule has 0 aliphatic carbocycles. The Hall–Kier alpha value is -1.05. The van der Waals surface area contributed by atoms with E-state index in [1.807, 2.05) is 6.92 Å². The van der Waals surface area contributed by atoms with Gasteiger partial charge in [-0.3, -0.25) is 0 Å². The molecule has 2 heteroatoms. The van der Waals surface area contributed by atoms with E-state index in [2.05, 4.69) is 13.8 Å². The van der Waals surface area contributed by atoms with Crippen molar-refractivity contribution in [2.75, 3.05) is 0 Å². The van der Waals surface area contributed by atoms with Crippen molar-refractivity contribution in [3.8, 4) is 5.75 Å². The minimum absolute atomic E-state index is 0.161. The fourth-order valence-electron chi connectivity index (χ4n) is 1.65. The van der Waals surface area contributed by atoms with E-state index in [9.17, 15) is 4.39 Å². The van der Waals surface area contributed by atoms with Crippen LogP contribution < -0.4 is 4.74 Å². The van der Waals surface area contributed by atoms with Crippen LogP contribution >= 0.6 is 0 Å². The molecule has 0 heterocycles. The van der Waals surface area contributed by atoms with Crippen molar-refractivity contribution in [3.63, 3.8) is 0 Å². The monoisotopic (exact) mass is 224 g/mol. The van der Waals surface area contributed by atoms with Gasteiger partial charge in [-0.15, -0.1) is 0 Å². The van der Waals surface area contributed by atoms with Gasteiger partial charge in [0, 0.05) is 0 Å². The summed E-state index contributed by atoms with van der Waals surface area (Å²) in [7, 11) is 0. The molecule has 0 aromatic heterocycles. The molecule has 0 fully saturated rings. The van der Waals surface area contributed by atoms with Crippen molar-refractivity contribution in [3.05, 3.63) is 29.1 Å². The maximum atomic E-state index is 13.2. The number of ether oxygens (including phenoxy) is 1. The van der Waals surface area contributed by atoms with Gasteiger partial charge >= 0.3 is 0 Å². The Morgan fingerprint density at radius 3 is 2.56 bits per heavy atom. The molecule has 90 valence electrons. The van der Waals surface area contributed by atoms with Gasteiger partial charge in [0.25, 0.3) is 0 Å². The first-order valence-corrected chi connectivity index (χ1v) is 5.98. The van der Waals surface area contributed by atoms with Crippen LogP contribution in [-0.4, -0.2) is 6.10 Å². The lowest BCUT2D eigenvalue weighted by molar-refractivity contribution is 0.205. The Bertz CT molecular complexity index is 347. The smallest absolute Gasteiger partial charge is 0.126 e. The summed E-state index contributed by atoms with van der Waals surface area (Å²) < 4.78 is 19.1. The van der Waals surface area contributed by atoms with Crippen molar-refractivity contribution in [1.29, 1.82) is 0 Å². The Balaban J connectivity index is 2.69. The van der Waals surface area contributed by atoms with E-state index in [1.165, 1.54) is 18.9 Å². The molecule has 0 bridgehead atoms. The molecule has 0 aliphatic rings. The molecular weight excluding hydrogens is 203 g/mol. The summed E-state index contributed by atoms with van der Waals surface area (Å²) in [6, 6.07) is 3.32. The van der Waals surface area contributed by atoms with Crippen LogP contribution in [0.3, 0.4) is 0 Å². The largest absolute Gasteiger partial charge is 0.490 e. The second-order valence-corrected chi connectivity index (χ2v) is 4.44. The summed E-state index contributed by atoms with van der Waals surface area (Å²) in [5.41, 5.74) is 1.51. The minimum atomic E-state index is -0.161. The first-order valence-electron chi connectivity index (χ1n) is 5.98. The summed E-state index contributed by atoms with van der Waals surface area (Å²) in [6.07, 6.45) is 3.59. The molecule has 0 saturated carbocycles. The number of rotatable bonds is 5. The van der Waals surface area contributed by atoms with Crippen molar-refractivity contribution in [2.45, 2.75) is 53.1 Å². The van der Waals surface area contributed by atoms with E-state index in [-0.39, 0.29) is 11.9 Å². The molecule has 0 N–H and O–H groups in total. The lowest BCUT2D eigenvalue weighted by Gasteiger charge is -2.16. The zero-order valence-electron chi connectivity index (χ0n) is 10.6. The number of halogens is 1. The fourth-order valence-corrected chi connectivity index (χ4v) is 1.65. The van der Waals surface area contributed by atoms with Gasteiger partial charge in [-0.1, -0.05) is 19.8 Å². The number of aryl methyl sites for hydroxylation is 2. The van der Waals surface area contributed by atoms with Gasteiger partial charge in [0.1, 0.15) is 11.6 Å². The van der Waals surface area contributed by atoms with Gasteiger partial charge in [-0.2, -0.15) is 0 Å². The highest BCUT2D eigenvalue weighted by molar-refractivity contribution is 5.37. The lowest BCUT2D eigenvalue weighted by atomic mass is 10.1. The Morgan fingerprint density at radius 1 is 1.25 bits per heavy atom. The predicted octanol–water partition coefficient (Wildman–Crippen LogP) is 4.40. The molecule has 1 aromatic rings. The summed E-state index contributed by atoms with van der Waals surface area (Å²) in [6.45, 7) is 7.87. The first kappa shape index (κ1) is 13.0. The molecule has 1 aromatic carbocycles. The minimum Gasteiger partial charge on any atom is -0.490 e. The maximum absolute atomic E-state index is 13.2. The second kappa shape index (κ2) is 5.88. The highest BCUT2D eigenvalue weighted by Gasteiger charge is 2.08. The average molecular weight is 224 g/mol. The molecular formula is C14H21FO. The van der Waals surface area contributed by atoms with Crippen molar-refractivity contribution in [2.24, 2.45) is 0 Å². The third-order valence-corrected chi connectivity index (χ3v) is 2.75. The number of hydrogen-bond donors (Lipinski definition) is 0. The Kier molecular flexibility index (Phi) is 4.78. The number of hydrogen-bond acceptors (Lipinski definition) is 1. The quantitative estimate of drug-likeness (QED) is 0.720. The van der Waals surface area contributed by atoms with Crippen LogP contribution in [0.15, 0.2) is 12.1 Å².